The third-order valence-corrected chi connectivity index (χ3v) is 4.05. The zero-order valence-electron chi connectivity index (χ0n) is 13.6. The Kier molecular flexibility index (Phi) is 4.91. The lowest BCUT2D eigenvalue weighted by Gasteiger charge is -2.18. The molecule has 1 aliphatic rings. The number of nitrogens with one attached hydrogen (secondary N) is 1. The summed E-state index contributed by atoms with van der Waals surface area (Å²) in [5.74, 6) is -0.289. The quantitative estimate of drug-likeness (QED) is 0.940. The number of anilines is 2. The van der Waals surface area contributed by atoms with Gasteiger partial charge in [-0.3, -0.25) is 9.59 Å². The summed E-state index contributed by atoms with van der Waals surface area (Å²) in [5.41, 5.74) is 1.94. The summed E-state index contributed by atoms with van der Waals surface area (Å²) in [4.78, 5) is 26.3. The second kappa shape index (κ2) is 7.27. The molecule has 24 heavy (non-hydrogen) atoms. The highest BCUT2D eigenvalue weighted by Gasteiger charge is 2.23. The van der Waals surface area contributed by atoms with Gasteiger partial charge in [0.25, 0.3) is 11.8 Å². The van der Waals surface area contributed by atoms with Gasteiger partial charge in [-0.2, -0.15) is 0 Å². The topological polar surface area (TPSA) is 58.6 Å². The Morgan fingerprint density at radius 2 is 1.92 bits per heavy atom. The highest BCUT2D eigenvalue weighted by atomic mass is 16.5. The van der Waals surface area contributed by atoms with Gasteiger partial charge in [-0.1, -0.05) is 24.3 Å². The molecule has 1 saturated heterocycles. The summed E-state index contributed by atoms with van der Waals surface area (Å²) in [6, 6.07) is 16.4. The van der Waals surface area contributed by atoms with Crippen molar-refractivity contribution < 1.29 is 14.3 Å². The van der Waals surface area contributed by atoms with Crippen LogP contribution < -0.4 is 10.2 Å². The smallest absolute Gasteiger partial charge is 0.258 e. The minimum absolute atomic E-state index is 0.130. The van der Waals surface area contributed by atoms with Crippen LogP contribution >= 0.6 is 0 Å². The summed E-state index contributed by atoms with van der Waals surface area (Å²) in [6.45, 7) is 0.623. The van der Waals surface area contributed by atoms with Gasteiger partial charge < -0.3 is 15.0 Å². The first kappa shape index (κ1) is 16.2. The van der Waals surface area contributed by atoms with Crippen LogP contribution in [0.3, 0.4) is 0 Å². The van der Waals surface area contributed by atoms with Gasteiger partial charge in [0.05, 0.1) is 0 Å². The number of amides is 2. The molecule has 1 N–H and O–H groups in total. The van der Waals surface area contributed by atoms with Crippen molar-refractivity contribution in [2.45, 2.75) is 18.9 Å². The Morgan fingerprint density at radius 1 is 1.12 bits per heavy atom. The summed E-state index contributed by atoms with van der Waals surface area (Å²) in [5, 5.41) is 2.82. The molecule has 3 rings (SSSR count). The maximum atomic E-state index is 12.6. The predicted molar refractivity (Wildman–Crippen MR) is 93.2 cm³/mol. The maximum absolute atomic E-state index is 12.6. The third kappa shape index (κ3) is 3.63. The number of rotatable bonds is 4. The third-order valence-electron chi connectivity index (χ3n) is 4.05. The van der Waals surface area contributed by atoms with Gasteiger partial charge in [-0.05, 0) is 43.2 Å². The van der Waals surface area contributed by atoms with Crippen LogP contribution in [0.25, 0.3) is 0 Å². The van der Waals surface area contributed by atoms with Crippen LogP contribution in [-0.2, 0) is 9.53 Å². The van der Waals surface area contributed by atoms with E-state index >= 15 is 0 Å². The second-order valence-electron chi connectivity index (χ2n) is 5.77. The van der Waals surface area contributed by atoms with E-state index in [0.29, 0.717) is 17.9 Å². The lowest BCUT2D eigenvalue weighted by atomic mass is 10.1. The minimum Gasteiger partial charge on any atom is -0.368 e. The number of benzene rings is 2. The number of carbonyl (C=O) groups is 2. The van der Waals surface area contributed by atoms with Crippen LogP contribution in [0.1, 0.15) is 23.2 Å². The predicted octanol–water partition coefficient (Wildman–Crippen LogP) is 3.08. The number of para-hydroxylation sites is 1. The molecule has 0 bridgehead atoms. The minimum atomic E-state index is -0.392. The molecular weight excluding hydrogens is 304 g/mol. The fourth-order valence-corrected chi connectivity index (χ4v) is 2.70. The normalized spacial score (nSPS) is 16.6. The van der Waals surface area contributed by atoms with Gasteiger partial charge in [0.15, 0.2) is 0 Å². The van der Waals surface area contributed by atoms with Crippen molar-refractivity contribution in [1.29, 1.82) is 0 Å². The lowest BCUT2D eigenvalue weighted by Crippen LogP contribution is -2.28. The molecule has 5 heteroatoms. The molecule has 0 radical (unpaired) electrons. The fraction of sp³-hybridized carbons (Fsp3) is 0.263. The van der Waals surface area contributed by atoms with Crippen molar-refractivity contribution in [3.05, 3.63) is 60.2 Å². The SMILES string of the molecule is CN(C(=O)c1cccc(NC(=O)C2CCCO2)c1)c1ccccc1. The van der Waals surface area contributed by atoms with Gasteiger partial charge in [-0.15, -0.1) is 0 Å². The Bertz CT molecular complexity index is 724. The molecule has 2 amide bonds. The van der Waals surface area contributed by atoms with Crippen molar-refractivity contribution in [2.24, 2.45) is 0 Å². The van der Waals surface area contributed by atoms with E-state index in [2.05, 4.69) is 5.32 Å². The Morgan fingerprint density at radius 3 is 2.62 bits per heavy atom. The first-order chi connectivity index (χ1) is 11.6. The number of nitrogens with zero attached hydrogens (tertiary/aromatic N) is 1. The molecule has 0 spiro atoms. The van der Waals surface area contributed by atoms with Crippen molar-refractivity contribution in [2.75, 3.05) is 23.9 Å². The Balaban J connectivity index is 1.72. The highest BCUT2D eigenvalue weighted by Crippen LogP contribution is 2.19. The van der Waals surface area contributed by atoms with Crippen molar-refractivity contribution in [3.8, 4) is 0 Å². The number of hydrogen-bond acceptors (Lipinski definition) is 3. The van der Waals surface area contributed by atoms with Gasteiger partial charge >= 0.3 is 0 Å². The molecule has 2 aromatic carbocycles. The number of ether oxygens (including phenoxy) is 1. The van der Waals surface area contributed by atoms with Gasteiger partial charge in [-0.25, -0.2) is 0 Å². The van der Waals surface area contributed by atoms with E-state index in [1.54, 1.807) is 36.2 Å². The van der Waals surface area contributed by atoms with E-state index in [-0.39, 0.29) is 11.8 Å². The molecule has 0 saturated carbocycles. The first-order valence-corrected chi connectivity index (χ1v) is 8.01. The molecular formula is C19H20N2O3. The first-order valence-electron chi connectivity index (χ1n) is 8.01. The van der Waals surface area contributed by atoms with Crippen molar-refractivity contribution in [3.63, 3.8) is 0 Å². The van der Waals surface area contributed by atoms with Gasteiger partial charge in [0.1, 0.15) is 6.10 Å². The van der Waals surface area contributed by atoms with Crippen LogP contribution in [0.15, 0.2) is 54.6 Å². The molecule has 5 nitrogen and oxygen atoms in total. The summed E-state index contributed by atoms with van der Waals surface area (Å²) in [6.07, 6.45) is 1.25. The van der Waals surface area contributed by atoms with E-state index in [1.165, 1.54) is 0 Å². The zero-order chi connectivity index (χ0) is 16.9. The van der Waals surface area contributed by atoms with Crippen LogP contribution in [0.2, 0.25) is 0 Å². The van der Waals surface area contributed by atoms with Crippen LogP contribution in [0.4, 0.5) is 11.4 Å². The Labute approximate surface area is 141 Å². The highest BCUT2D eigenvalue weighted by molar-refractivity contribution is 6.06. The summed E-state index contributed by atoms with van der Waals surface area (Å²) in [7, 11) is 1.73. The van der Waals surface area contributed by atoms with Crippen molar-refractivity contribution in [1.82, 2.24) is 0 Å². The van der Waals surface area contributed by atoms with E-state index in [9.17, 15) is 9.59 Å². The number of carbonyl (C=O) groups excluding carboxylic acids is 2. The fourth-order valence-electron chi connectivity index (χ4n) is 2.70. The number of hydrogen-bond donors (Lipinski definition) is 1. The average Bonchev–Trinajstić information content (AvgIpc) is 3.16. The maximum Gasteiger partial charge on any atom is 0.258 e. The molecule has 0 aromatic heterocycles. The van der Waals surface area contributed by atoms with E-state index in [0.717, 1.165) is 18.5 Å². The van der Waals surface area contributed by atoms with E-state index in [4.69, 9.17) is 4.74 Å². The molecule has 2 aromatic rings. The molecule has 1 fully saturated rings. The lowest BCUT2D eigenvalue weighted by molar-refractivity contribution is -0.124. The molecule has 1 aliphatic heterocycles. The monoisotopic (exact) mass is 324 g/mol. The Hall–Kier alpha value is -2.66. The van der Waals surface area contributed by atoms with Crippen molar-refractivity contribution >= 4 is 23.2 Å². The van der Waals surface area contributed by atoms with Crippen LogP contribution in [-0.4, -0.2) is 31.6 Å². The van der Waals surface area contributed by atoms with Crippen LogP contribution in [0.5, 0.6) is 0 Å². The summed E-state index contributed by atoms with van der Waals surface area (Å²) < 4.78 is 5.37. The van der Waals surface area contributed by atoms with Gasteiger partial charge in [0, 0.05) is 30.6 Å². The van der Waals surface area contributed by atoms with E-state index < -0.39 is 6.10 Å². The second-order valence-corrected chi connectivity index (χ2v) is 5.77. The largest absolute Gasteiger partial charge is 0.368 e. The standard InChI is InChI=1S/C19H20N2O3/c1-21(16-9-3-2-4-10-16)19(23)14-7-5-8-15(13-14)20-18(22)17-11-6-12-24-17/h2-5,7-10,13,17H,6,11-12H2,1H3,(H,20,22). The molecule has 1 unspecified atom stereocenters. The molecule has 124 valence electrons. The summed E-state index contributed by atoms with van der Waals surface area (Å²) >= 11 is 0. The molecule has 1 atom stereocenters. The van der Waals surface area contributed by atoms with Gasteiger partial charge in [0.2, 0.25) is 0 Å². The molecule has 1 heterocycles. The van der Waals surface area contributed by atoms with E-state index in [1.807, 2.05) is 30.3 Å². The average molecular weight is 324 g/mol. The zero-order valence-corrected chi connectivity index (χ0v) is 13.6. The molecule has 0 aliphatic carbocycles. The van der Waals surface area contributed by atoms with Crippen LogP contribution in [0, 0.1) is 0 Å².